The Bertz CT molecular complexity index is 376. The van der Waals surface area contributed by atoms with Gasteiger partial charge in [0.05, 0.1) is 0 Å². The van der Waals surface area contributed by atoms with E-state index in [1.807, 2.05) is 6.92 Å². The molecule has 0 spiro atoms. The standard InChI is InChI=1S/C9H15N3O2/c1-4-11-5-6-12(9(11)14)7-8(13)10(2)3/h5-6H,4,7H2,1-3H3. The van der Waals surface area contributed by atoms with Gasteiger partial charge in [-0.3, -0.25) is 13.9 Å². The topological polar surface area (TPSA) is 47.2 Å². The fourth-order valence-electron chi connectivity index (χ4n) is 1.10. The van der Waals surface area contributed by atoms with E-state index >= 15 is 0 Å². The van der Waals surface area contributed by atoms with Crippen molar-refractivity contribution in [2.24, 2.45) is 0 Å². The molecule has 1 aromatic rings. The van der Waals surface area contributed by atoms with Crippen LogP contribution in [0.5, 0.6) is 0 Å². The second-order valence-electron chi connectivity index (χ2n) is 3.28. The van der Waals surface area contributed by atoms with Crippen LogP contribution < -0.4 is 5.69 Å². The molecular weight excluding hydrogens is 182 g/mol. The van der Waals surface area contributed by atoms with Crippen molar-refractivity contribution in [3.63, 3.8) is 0 Å². The van der Waals surface area contributed by atoms with Crippen LogP contribution in [0.2, 0.25) is 0 Å². The van der Waals surface area contributed by atoms with Gasteiger partial charge in [0.15, 0.2) is 0 Å². The van der Waals surface area contributed by atoms with Crippen molar-refractivity contribution in [3.8, 4) is 0 Å². The highest BCUT2D eigenvalue weighted by atomic mass is 16.2. The third-order valence-corrected chi connectivity index (χ3v) is 2.06. The van der Waals surface area contributed by atoms with E-state index in [2.05, 4.69) is 0 Å². The van der Waals surface area contributed by atoms with Crippen molar-refractivity contribution >= 4 is 5.91 Å². The second-order valence-corrected chi connectivity index (χ2v) is 3.28. The van der Waals surface area contributed by atoms with Gasteiger partial charge >= 0.3 is 5.69 Å². The Hall–Kier alpha value is -1.52. The van der Waals surface area contributed by atoms with Crippen LogP contribution in [0.15, 0.2) is 17.2 Å². The number of rotatable bonds is 3. The molecule has 1 amide bonds. The van der Waals surface area contributed by atoms with Gasteiger partial charge in [-0.1, -0.05) is 0 Å². The van der Waals surface area contributed by atoms with Crippen molar-refractivity contribution < 1.29 is 4.79 Å². The van der Waals surface area contributed by atoms with E-state index in [1.54, 1.807) is 31.1 Å². The largest absolute Gasteiger partial charge is 0.347 e. The molecule has 0 fully saturated rings. The van der Waals surface area contributed by atoms with Gasteiger partial charge in [0, 0.05) is 33.0 Å². The Kier molecular flexibility index (Phi) is 3.11. The normalized spacial score (nSPS) is 10.2. The maximum absolute atomic E-state index is 11.5. The number of aryl methyl sites for hydroxylation is 1. The Balaban J connectivity index is 2.83. The van der Waals surface area contributed by atoms with Crippen LogP contribution in [-0.4, -0.2) is 34.0 Å². The molecule has 0 N–H and O–H groups in total. The molecule has 5 nitrogen and oxygen atoms in total. The van der Waals surface area contributed by atoms with Gasteiger partial charge in [-0.2, -0.15) is 0 Å². The summed E-state index contributed by atoms with van der Waals surface area (Å²) in [7, 11) is 3.34. The number of imidazole rings is 1. The van der Waals surface area contributed by atoms with E-state index in [9.17, 15) is 9.59 Å². The predicted octanol–water partition coefficient (Wildman–Crippen LogP) is -0.242. The van der Waals surface area contributed by atoms with Gasteiger partial charge in [-0.05, 0) is 6.92 Å². The fourth-order valence-corrected chi connectivity index (χ4v) is 1.10. The minimum atomic E-state index is -0.136. The first kappa shape index (κ1) is 10.6. The summed E-state index contributed by atoms with van der Waals surface area (Å²) in [6.07, 6.45) is 3.32. The summed E-state index contributed by atoms with van der Waals surface area (Å²) in [6, 6.07) is 0. The van der Waals surface area contributed by atoms with Crippen molar-refractivity contribution in [1.82, 2.24) is 14.0 Å². The Morgan fingerprint density at radius 1 is 1.36 bits per heavy atom. The molecule has 0 aromatic carbocycles. The third-order valence-electron chi connectivity index (χ3n) is 2.06. The first-order chi connectivity index (χ1) is 6.56. The molecule has 5 heteroatoms. The van der Waals surface area contributed by atoms with Crippen LogP contribution in [0.3, 0.4) is 0 Å². The maximum Gasteiger partial charge on any atom is 0.328 e. The highest BCUT2D eigenvalue weighted by Crippen LogP contribution is 1.88. The highest BCUT2D eigenvalue weighted by Gasteiger charge is 2.08. The summed E-state index contributed by atoms with van der Waals surface area (Å²) in [6.45, 7) is 2.63. The van der Waals surface area contributed by atoms with Crippen molar-refractivity contribution in [2.45, 2.75) is 20.0 Å². The number of hydrogen-bond acceptors (Lipinski definition) is 2. The van der Waals surface area contributed by atoms with Gasteiger partial charge in [0.25, 0.3) is 0 Å². The number of aromatic nitrogens is 2. The van der Waals surface area contributed by atoms with Gasteiger partial charge in [-0.15, -0.1) is 0 Å². The van der Waals surface area contributed by atoms with E-state index < -0.39 is 0 Å². The molecule has 0 aliphatic carbocycles. The number of carbonyl (C=O) groups excluding carboxylic acids is 1. The molecule has 1 heterocycles. The molecule has 0 atom stereocenters. The van der Waals surface area contributed by atoms with E-state index in [0.717, 1.165) is 0 Å². The Morgan fingerprint density at radius 2 is 1.93 bits per heavy atom. The predicted molar refractivity (Wildman–Crippen MR) is 53.1 cm³/mol. The zero-order valence-corrected chi connectivity index (χ0v) is 8.73. The van der Waals surface area contributed by atoms with Crippen molar-refractivity contribution in [2.75, 3.05) is 14.1 Å². The Labute approximate surface area is 82.6 Å². The molecule has 1 rings (SSSR count). The zero-order valence-electron chi connectivity index (χ0n) is 8.73. The summed E-state index contributed by atoms with van der Waals surface area (Å²) >= 11 is 0. The van der Waals surface area contributed by atoms with E-state index in [4.69, 9.17) is 0 Å². The van der Waals surface area contributed by atoms with Crippen molar-refractivity contribution in [1.29, 1.82) is 0 Å². The summed E-state index contributed by atoms with van der Waals surface area (Å²) < 4.78 is 2.97. The van der Waals surface area contributed by atoms with Crippen LogP contribution in [0.25, 0.3) is 0 Å². The minimum Gasteiger partial charge on any atom is -0.347 e. The maximum atomic E-state index is 11.5. The number of hydrogen-bond donors (Lipinski definition) is 0. The number of amides is 1. The highest BCUT2D eigenvalue weighted by molar-refractivity contribution is 5.75. The SMILES string of the molecule is CCn1ccn(CC(=O)N(C)C)c1=O. The number of nitrogens with zero attached hydrogens (tertiary/aromatic N) is 3. The first-order valence-corrected chi connectivity index (χ1v) is 4.52. The molecule has 1 aromatic heterocycles. The monoisotopic (exact) mass is 197 g/mol. The zero-order chi connectivity index (χ0) is 10.7. The van der Waals surface area contributed by atoms with E-state index in [1.165, 1.54) is 9.47 Å². The quantitative estimate of drug-likeness (QED) is 0.671. The fraction of sp³-hybridized carbons (Fsp3) is 0.556. The number of likely N-dealkylation sites (N-methyl/N-ethyl adjacent to an activating group) is 1. The molecule has 0 radical (unpaired) electrons. The lowest BCUT2D eigenvalue weighted by molar-refractivity contribution is -0.129. The molecule has 0 aliphatic heterocycles. The van der Waals surface area contributed by atoms with Gasteiger partial charge < -0.3 is 4.90 Å². The second kappa shape index (κ2) is 4.13. The summed E-state index contributed by atoms with van der Waals surface area (Å²) in [5.41, 5.74) is -0.136. The lowest BCUT2D eigenvalue weighted by Gasteiger charge is -2.09. The smallest absolute Gasteiger partial charge is 0.328 e. The molecule has 14 heavy (non-hydrogen) atoms. The molecule has 78 valence electrons. The van der Waals surface area contributed by atoms with Crippen LogP contribution in [0.4, 0.5) is 0 Å². The molecular formula is C9H15N3O2. The molecule has 0 bridgehead atoms. The average molecular weight is 197 g/mol. The summed E-state index contributed by atoms with van der Waals surface area (Å²) in [5.74, 6) is -0.0825. The van der Waals surface area contributed by atoms with Gasteiger partial charge in [-0.25, -0.2) is 4.79 Å². The molecule has 0 unspecified atom stereocenters. The van der Waals surface area contributed by atoms with Crippen molar-refractivity contribution in [3.05, 3.63) is 22.9 Å². The lowest BCUT2D eigenvalue weighted by atomic mass is 10.5. The van der Waals surface area contributed by atoms with E-state index in [0.29, 0.717) is 6.54 Å². The third kappa shape index (κ3) is 2.04. The summed E-state index contributed by atoms with van der Waals surface area (Å²) in [5, 5.41) is 0. The first-order valence-electron chi connectivity index (χ1n) is 4.52. The number of carbonyl (C=O) groups is 1. The molecule has 0 saturated heterocycles. The van der Waals surface area contributed by atoms with Crippen LogP contribution >= 0.6 is 0 Å². The summed E-state index contributed by atoms with van der Waals surface area (Å²) in [4.78, 5) is 24.3. The van der Waals surface area contributed by atoms with Crippen LogP contribution in [0.1, 0.15) is 6.92 Å². The van der Waals surface area contributed by atoms with Crippen LogP contribution in [0, 0.1) is 0 Å². The minimum absolute atomic E-state index is 0.0825. The molecule has 0 saturated carbocycles. The Morgan fingerprint density at radius 3 is 2.36 bits per heavy atom. The molecule has 0 aliphatic rings. The lowest BCUT2D eigenvalue weighted by Crippen LogP contribution is -2.32. The average Bonchev–Trinajstić information content (AvgIpc) is 2.47. The van der Waals surface area contributed by atoms with Gasteiger partial charge in [0.1, 0.15) is 6.54 Å². The van der Waals surface area contributed by atoms with Crippen LogP contribution in [-0.2, 0) is 17.9 Å². The van der Waals surface area contributed by atoms with E-state index in [-0.39, 0.29) is 18.1 Å². The van der Waals surface area contributed by atoms with Gasteiger partial charge in [0.2, 0.25) is 5.91 Å².